The van der Waals surface area contributed by atoms with Gasteiger partial charge in [0.2, 0.25) is 0 Å². The lowest BCUT2D eigenvalue weighted by molar-refractivity contribution is 0.660. The van der Waals surface area contributed by atoms with Crippen molar-refractivity contribution in [3.05, 3.63) is 229 Å². The molecular weight excluding hydrogens is 749 g/mol. The lowest BCUT2D eigenvalue weighted by atomic mass is 9.81. The Morgan fingerprint density at radius 3 is 1.77 bits per heavy atom. The van der Waals surface area contributed by atoms with Crippen LogP contribution in [0.15, 0.2) is 206 Å². The average molecular weight is 795 g/mol. The van der Waals surface area contributed by atoms with Gasteiger partial charge >= 0.3 is 0 Å². The van der Waals surface area contributed by atoms with Crippen molar-refractivity contribution in [1.29, 1.82) is 0 Å². The first-order chi connectivity index (χ1) is 30.3. The van der Waals surface area contributed by atoms with Gasteiger partial charge in [-0.25, -0.2) is 0 Å². The number of rotatable bonds is 6. The van der Waals surface area contributed by atoms with E-state index in [1.165, 1.54) is 94.3 Å². The zero-order valence-electron chi connectivity index (χ0n) is 35.5. The van der Waals surface area contributed by atoms with Gasteiger partial charge in [0.25, 0.3) is 0 Å². The molecule has 1 aromatic heterocycles. The summed E-state index contributed by atoms with van der Waals surface area (Å²) in [5, 5.41) is 2.49. The van der Waals surface area contributed by atoms with Crippen molar-refractivity contribution in [2.45, 2.75) is 38.5 Å². The summed E-state index contributed by atoms with van der Waals surface area (Å²) in [7, 11) is 0. The molecule has 0 saturated carbocycles. The van der Waals surface area contributed by atoms with Crippen LogP contribution in [0.1, 0.15) is 49.9 Å². The Kier molecular flexibility index (Phi) is 7.96. The molecule has 12 rings (SSSR count). The molecule has 0 bridgehead atoms. The molecule has 2 nitrogen and oxygen atoms in total. The maximum Gasteiger partial charge on any atom is 0.0547 e. The summed E-state index contributed by atoms with van der Waals surface area (Å²) in [6, 6.07) is 76.6. The molecule has 0 spiro atoms. The van der Waals surface area contributed by atoms with Crippen LogP contribution in [-0.2, 0) is 10.8 Å². The molecule has 0 saturated heterocycles. The molecule has 10 aromatic rings. The van der Waals surface area contributed by atoms with Crippen LogP contribution in [0.3, 0.4) is 0 Å². The molecule has 0 atom stereocenters. The molecule has 0 unspecified atom stereocenters. The fraction of sp³-hybridized carbons (Fsp3) is 0.100. The van der Waals surface area contributed by atoms with E-state index in [0.717, 1.165) is 17.1 Å². The largest absolute Gasteiger partial charge is 0.309 e. The monoisotopic (exact) mass is 794 g/mol. The van der Waals surface area contributed by atoms with Crippen LogP contribution in [0.25, 0.3) is 72.0 Å². The molecule has 1 heterocycles. The maximum atomic E-state index is 2.54. The van der Waals surface area contributed by atoms with E-state index in [1.807, 2.05) is 0 Å². The van der Waals surface area contributed by atoms with Gasteiger partial charge in [-0.1, -0.05) is 179 Å². The normalized spacial score (nSPS) is 14.1. The number of nitrogens with zero attached hydrogens (tertiary/aromatic N) is 2. The second-order valence-corrected chi connectivity index (χ2v) is 18.1. The summed E-state index contributed by atoms with van der Waals surface area (Å²) in [6.45, 7) is 9.47. The number of para-hydroxylation sites is 3. The van der Waals surface area contributed by atoms with Crippen LogP contribution in [0.2, 0.25) is 0 Å². The van der Waals surface area contributed by atoms with Crippen molar-refractivity contribution < 1.29 is 0 Å². The number of aromatic nitrogens is 1. The van der Waals surface area contributed by atoms with Gasteiger partial charge in [0, 0.05) is 44.1 Å². The number of hydrogen-bond acceptors (Lipinski definition) is 1. The van der Waals surface area contributed by atoms with E-state index in [4.69, 9.17) is 0 Å². The second-order valence-electron chi connectivity index (χ2n) is 18.1. The first kappa shape index (κ1) is 36.4. The highest BCUT2D eigenvalue weighted by molar-refractivity contribution is 6.17. The molecule has 2 aliphatic rings. The topological polar surface area (TPSA) is 8.17 Å². The van der Waals surface area contributed by atoms with Crippen molar-refractivity contribution in [2.24, 2.45) is 0 Å². The Labute approximate surface area is 364 Å². The lowest BCUT2D eigenvalue weighted by Crippen LogP contribution is -2.16. The summed E-state index contributed by atoms with van der Waals surface area (Å²) < 4.78 is 2.41. The second kappa shape index (κ2) is 13.5. The third-order valence-electron chi connectivity index (χ3n) is 14.0. The van der Waals surface area contributed by atoms with Crippen LogP contribution in [0.5, 0.6) is 0 Å². The summed E-state index contributed by atoms with van der Waals surface area (Å²) in [5.41, 5.74) is 22.3. The smallest absolute Gasteiger partial charge is 0.0547 e. The molecule has 0 fully saturated rings. The Balaban J connectivity index is 1.11. The van der Waals surface area contributed by atoms with Crippen LogP contribution < -0.4 is 4.90 Å². The average Bonchev–Trinajstić information content (AvgIpc) is 3.87. The molecule has 0 N–H and O–H groups in total. The Morgan fingerprint density at radius 2 is 0.935 bits per heavy atom. The van der Waals surface area contributed by atoms with Crippen molar-refractivity contribution in [2.75, 3.05) is 4.90 Å². The maximum absolute atomic E-state index is 2.54. The first-order valence-corrected chi connectivity index (χ1v) is 21.9. The molecule has 0 radical (unpaired) electrons. The van der Waals surface area contributed by atoms with Crippen LogP contribution in [0, 0.1) is 0 Å². The Bertz CT molecular complexity index is 3420. The Morgan fingerprint density at radius 1 is 0.371 bits per heavy atom. The van der Waals surface area contributed by atoms with Crippen LogP contribution in [-0.4, -0.2) is 4.57 Å². The summed E-state index contributed by atoms with van der Waals surface area (Å²) in [5.74, 6) is 0. The third kappa shape index (κ3) is 5.23. The van der Waals surface area contributed by atoms with E-state index in [1.54, 1.807) is 0 Å². The number of hydrogen-bond donors (Lipinski definition) is 0. The molecule has 0 aliphatic heterocycles. The standard InChI is InChI=1S/C60H46N2/c1-59(2)50-29-13-9-25-47(50)58-51(59)30-18-34-56(58)62(42-22-16-19-39(37-42)40-35-36-44-43-23-8-12-28-49(43)60(3,4)52(44)38-40)53-31-14-10-24-45(53)46-27-17-33-55-57(46)48-26-11-15-32-54(48)61(55)41-20-6-5-7-21-41/h5-38H,1-4H3. The van der Waals surface area contributed by atoms with Gasteiger partial charge in [0.05, 0.1) is 22.4 Å². The van der Waals surface area contributed by atoms with Crippen LogP contribution in [0.4, 0.5) is 17.1 Å². The highest BCUT2D eigenvalue weighted by Gasteiger charge is 2.38. The first-order valence-electron chi connectivity index (χ1n) is 21.9. The number of benzene rings is 9. The predicted molar refractivity (Wildman–Crippen MR) is 261 cm³/mol. The van der Waals surface area contributed by atoms with E-state index >= 15 is 0 Å². The molecule has 62 heavy (non-hydrogen) atoms. The zero-order chi connectivity index (χ0) is 41.7. The minimum atomic E-state index is -0.144. The SMILES string of the molecule is CC1(C)c2ccccc2-c2ccc(-c3cccc(N(c4ccccc4-c4cccc5c4c4ccccc4n5-c4ccccc4)c4cccc5c4-c4ccccc4C5(C)C)c3)cc21. The quantitative estimate of drug-likeness (QED) is 0.163. The van der Waals surface area contributed by atoms with Gasteiger partial charge in [0.1, 0.15) is 0 Å². The fourth-order valence-corrected chi connectivity index (χ4v) is 11.0. The Hall–Kier alpha value is -7.42. The minimum Gasteiger partial charge on any atom is -0.309 e. The highest BCUT2D eigenvalue weighted by atomic mass is 15.1. The van der Waals surface area contributed by atoms with Gasteiger partial charge in [-0.3, -0.25) is 0 Å². The van der Waals surface area contributed by atoms with Gasteiger partial charge in [-0.2, -0.15) is 0 Å². The van der Waals surface area contributed by atoms with E-state index in [2.05, 4.69) is 243 Å². The van der Waals surface area contributed by atoms with Crippen molar-refractivity contribution in [3.63, 3.8) is 0 Å². The molecule has 0 amide bonds. The van der Waals surface area contributed by atoms with Crippen molar-refractivity contribution >= 4 is 38.9 Å². The van der Waals surface area contributed by atoms with E-state index in [9.17, 15) is 0 Å². The van der Waals surface area contributed by atoms with Crippen molar-refractivity contribution in [1.82, 2.24) is 4.57 Å². The molecule has 2 aliphatic carbocycles. The van der Waals surface area contributed by atoms with Gasteiger partial charge in [-0.05, 0) is 110 Å². The number of anilines is 3. The van der Waals surface area contributed by atoms with E-state index < -0.39 is 0 Å². The fourth-order valence-electron chi connectivity index (χ4n) is 11.0. The summed E-state index contributed by atoms with van der Waals surface area (Å²) >= 11 is 0. The van der Waals surface area contributed by atoms with E-state index in [0.29, 0.717) is 0 Å². The van der Waals surface area contributed by atoms with Gasteiger partial charge in [0.15, 0.2) is 0 Å². The zero-order valence-corrected chi connectivity index (χ0v) is 35.5. The highest BCUT2D eigenvalue weighted by Crippen LogP contribution is 2.56. The van der Waals surface area contributed by atoms with Crippen LogP contribution >= 0.6 is 0 Å². The minimum absolute atomic E-state index is 0.0834. The van der Waals surface area contributed by atoms with Gasteiger partial charge in [-0.15, -0.1) is 0 Å². The van der Waals surface area contributed by atoms with Crippen molar-refractivity contribution in [3.8, 4) is 50.2 Å². The summed E-state index contributed by atoms with van der Waals surface area (Å²) in [6.07, 6.45) is 0. The molecular formula is C60H46N2. The number of fused-ring (bicyclic) bond motifs is 9. The molecule has 9 aromatic carbocycles. The third-order valence-corrected chi connectivity index (χ3v) is 14.0. The predicted octanol–water partition coefficient (Wildman–Crippen LogP) is 16.2. The van der Waals surface area contributed by atoms with Gasteiger partial charge < -0.3 is 9.47 Å². The molecule has 296 valence electrons. The molecule has 2 heteroatoms. The summed E-state index contributed by atoms with van der Waals surface area (Å²) in [4.78, 5) is 2.54. The van der Waals surface area contributed by atoms with E-state index in [-0.39, 0.29) is 10.8 Å². The lowest BCUT2D eigenvalue weighted by Gasteiger charge is -2.31.